The van der Waals surface area contributed by atoms with Crippen LogP contribution in [0.15, 0.2) is 43.0 Å². The highest BCUT2D eigenvalue weighted by Crippen LogP contribution is 2.10. The normalized spacial score (nSPS) is 12.8. The Morgan fingerprint density at radius 1 is 1.35 bits per heavy atom. The molecule has 0 saturated heterocycles. The van der Waals surface area contributed by atoms with Gasteiger partial charge in [-0.15, -0.1) is 6.58 Å². The Kier molecular flexibility index (Phi) is 5.46. The summed E-state index contributed by atoms with van der Waals surface area (Å²) < 4.78 is 4.88. The molecule has 0 aliphatic carbocycles. The number of aliphatic carboxylic acids is 1. The van der Waals surface area contributed by atoms with E-state index in [0.29, 0.717) is 0 Å². The van der Waals surface area contributed by atoms with Crippen LogP contribution in [-0.4, -0.2) is 29.0 Å². The summed E-state index contributed by atoms with van der Waals surface area (Å²) >= 11 is 0. The summed E-state index contributed by atoms with van der Waals surface area (Å²) in [5.41, 5.74) is -1.30. The van der Waals surface area contributed by atoms with Gasteiger partial charge in [-0.3, -0.25) is 5.32 Å². The Bertz CT molecular complexity index is 500. The number of ether oxygens (including phenoxy) is 1. The molecule has 0 aromatic heterocycles. The second-order valence-electron chi connectivity index (χ2n) is 4.07. The lowest BCUT2D eigenvalue weighted by atomic mass is 9.98. The molecule has 0 heterocycles. The van der Waals surface area contributed by atoms with E-state index in [9.17, 15) is 14.4 Å². The predicted molar refractivity (Wildman–Crippen MR) is 71.0 cm³/mol. The third-order valence-electron chi connectivity index (χ3n) is 2.59. The quantitative estimate of drug-likeness (QED) is 0.447. The van der Waals surface area contributed by atoms with E-state index >= 15 is 0 Å². The van der Waals surface area contributed by atoms with Gasteiger partial charge in [-0.2, -0.15) is 0 Å². The van der Waals surface area contributed by atoms with E-state index in [1.165, 1.54) is 6.08 Å². The van der Waals surface area contributed by atoms with Crippen LogP contribution in [0.2, 0.25) is 0 Å². The molecular formula is C14H15NO5. The molecule has 0 radical (unpaired) electrons. The highest BCUT2D eigenvalue weighted by atomic mass is 16.5. The van der Waals surface area contributed by atoms with Crippen LogP contribution in [0.3, 0.4) is 0 Å². The van der Waals surface area contributed by atoms with Crippen molar-refractivity contribution in [3.05, 3.63) is 48.6 Å². The van der Waals surface area contributed by atoms with Gasteiger partial charge in [0.25, 0.3) is 0 Å². The smallest absolute Gasteiger partial charge is 0.408 e. The SMILES string of the molecule is C=CC[C@@](C=O)(NC(=O)OCc1ccccc1)C(=O)O. The summed E-state index contributed by atoms with van der Waals surface area (Å²) in [5.74, 6) is -1.47. The molecule has 0 saturated carbocycles. The molecule has 1 aromatic carbocycles. The van der Waals surface area contributed by atoms with Crippen LogP contribution < -0.4 is 5.32 Å². The average Bonchev–Trinajstić information content (AvgIpc) is 2.45. The van der Waals surface area contributed by atoms with Crippen molar-refractivity contribution in [3.63, 3.8) is 0 Å². The second-order valence-corrected chi connectivity index (χ2v) is 4.07. The molecule has 1 rings (SSSR count). The van der Waals surface area contributed by atoms with Crippen molar-refractivity contribution in [3.8, 4) is 0 Å². The van der Waals surface area contributed by atoms with Gasteiger partial charge in [0, 0.05) is 6.42 Å². The van der Waals surface area contributed by atoms with E-state index in [4.69, 9.17) is 9.84 Å². The molecule has 2 N–H and O–H groups in total. The highest BCUT2D eigenvalue weighted by molar-refractivity contribution is 6.00. The van der Waals surface area contributed by atoms with Crippen molar-refractivity contribution in [1.29, 1.82) is 0 Å². The van der Waals surface area contributed by atoms with E-state index < -0.39 is 17.6 Å². The minimum Gasteiger partial charge on any atom is -0.479 e. The number of carbonyl (C=O) groups is 3. The summed E-state index contributed by atoms with van der Waals surface area (Å²) in [6.45, 7) is 3.34. The number of hydrogen-bond donors (Lipinski definition) is 2. The van der Waals surface area contributed by atoms with E-state index in [-0.39, 0.29) is 19.3 Å². The zero-order valence-corrected chi connectivity index (χ0v) is 10.7. The van der Waals surface area contributed by atoms with Crippen molar-refractivity contribution >= 4 is 18.3 Å². The monoisotopic (exact) mass is 277 g/mol. The van der Waals surface area contributed by atoms with Gasteiger partial charge in [0.15, 0.2) is 11.8 Å². The van der Waals surface area contributed by atoms with Gasteiger partial charge in [-0.25, -0.2) is 9.59 Å². The first-order valence-electron chi connectivity index (χ1n) is 5.83. The highest BCUT2D eigenvalue weighted by Gasteiger charge is 2.39. The summed E-state index contributed by atoms with van der Waals surface area (Å²) in [4.78, 5) is 33.7. The van der Waals surface area contributed by atoms with Gasteiger partial charge in [0.1, 0.15) is 6.61 Å². The zero-order chi connectivity index (χ0) is 15.0. The molecule has 0 aliphatic heterocycles. The maximum absolute atomic E-state index is 11.6. The molecular weight excluding hydrogens is 262 g/mol. The molecule has 0 aliphatic rings. The van der Waals surface area contributed by atoms with Crippen molar-refractivity contribution < 1.29 is 24.2 Å². The topological polar surface area (TPSA) is 92.7 Å². The molecule has 0 fully saturated rings. The number of amides is 1. The van der Waals surface area contributed by atoms with Crippen molar-refractivity contribution in [2.24, 2.45) is 0 Å². The third-order valence-corrected chi connectivity index (χ3v) is 2.59. The molecule has 0 spiro atoms. The number of benzene rings is 1. The van der Waals surface area contributed by atoms with E-state index in [1.54, 1.807) is 24.3 Å². The van der Waals surface area contributed by atoms with Gasteiger partial charge in [0.2, 0.25) is 0 Å². The number of carbonyl (C=O) groups excluding carboxylic acids is 2. The fourth-order valence-electron chi connectivity index (χ4n) is 1.49. The lowest BCUT2D eigenvalue weighted by molar-refractivity contribution is -0.146. The molecule has 0 bridgehead atoms. The van der Waals surface area contributed by atoms with Crippen LogP contribution in [0.1, 0.15) is 12.0 Å². The number of rotatable bonds is 7. The summed E-state index contributed by atoms with van der Waals surface area (Å²) in [5, 5.41) is 11.1. The van der Waals surface area contributed by atoms with E-state index in [0.717, 1.165) is 5.56 Å². The number of carboxylic acid groups (broad SMARTS) is 1. The Morgan fingerprint density at radius 3 is 2.50 bits per heavy atom. The predicted octanol–water partition coefficient (Wildman–Crippen LogP) is 1.51. The maximum atomic E-state index is 11.6. The molecule has 1 amide bonds. The largest absolute Gasteiger partial charge is 0.479 e. The molecule has 6 nitrogen and oxygen atoms in total. The lowest BCUT2D eigenvalue weighted by Gasteiger charge is -2.22. The van der Waals surface area contributed by atoms with Crippen LogP contribution >= 0.6 is 0 Å². The minimum absolute atomic E-state index is 0.0185. The van der Waals surface area contributed by atoms with Gasteiger partial charge in [-0.1, -0.05) is 36.4 Å². The first-order chi connectivity index (χ1) is 9.54. The number of nitrogens with one attached hydrogen (secondary N) is 1. The summed E-state index contributed by atoms with van der Waals surface area (Å²) in [6.07, 6.45) is 0.178. The van der Waals surface area contributed by atoms with Crippen LogP contribution in [-0.2, 0) is 20.9 Å². The minimum atomic E-state index is -2.05. The molecule has 1 aromatic rings. The number of alkyl carbamates (subject to hydrolysis) is 1. The van der Waals surface area contributed by atoms with Crippen molar-refractivity contribution in [2.45, 2.75) is 18.6 Å². The molecule has 1 atom stereocenters. The van der Waals surface area contributed by atoms with Crippen molar-refractivity contribution in [2.75, 3.05) is 0 Å². The number of carboxylic acids is 1. The standard InChI is InChI=1S/C14H15NO5/c1-2-8-14(10-16,12(17)18)15-13(19)20-9-11-6-4-3-5-7-11/h2-7,10H,1,8-9H2,(H,15,19)(H,17,18)/t14-/m0/s1. The van der Waals surface area contributed by atoms with Crippen LogP contribution in [0, 0.1) is 0 Å². The average molecular weight is 277 g/mol. The number of aldehydes is 1. The zero-order valence-electron chi connectivity index (χ0n) is 10.7. The van der Waals surface area contributed by atoms with Crippen LogP contribution in [0.5, 0.6) is 0 Å². The lowest BCUT2D eigenvalue weighted by Crippen LogP contribution is -2.55. The fraction of sp³-hybridized carbons (Fsp3) is 0.214. The Balaban J connectivity index is 2.65. The fourth-order valence-corrected chi connectivity index (χ4v) is 1.49. The van der Waals surface area contributed by atoms with Crippen molar-refractivity contribution in [1.82, 2.24) is 5.32 Å². The molecule has 0 unspecified atom stereocenters. The van der Waals surface area contributed by atoms with Gasteiger partial charge < -0.3 is 14.6 Å². The van der Waals surface area contributed by atoms with E-state index in [2.05, 4.69) is 11.9 Å². The summed E-state index contributed by atoms with van der Waals surface area (Å²) in [6, 6.07) is 8.88. The first kappa shape index (κ1) is 15.4. The number of hydrogen-bond acceptors (Lipinski definition) is 4. The summed E-state index contributed by atoms with van der Waals surface area (Å²) in [7, 11) is 0. The van der Waals surface area contributed by atoms with Crippen LogP contribution in [0.25, 0.3) is 0 Å². The van der Waals surface area contributed by atoms with Gasteiger partial charge in [-0.05, 0) is 5.56 Å². The van der Waals surface area contributed by atoms with Crippen LogP contribution in [0.4, 0.5) is 4.79 Å². The molecule has 20 heavy (non-hydrogen) atoms. The first-order valence-corrected chi connectivity index (χ1v) is 5.83. The maximum Gasteiger partial charge on any atom is 0.408 e. The van der Waals surface area contributed by atoms with Gasteiger partial charge in [0.05, 0.1) is 0 Å². The Labute approximate surface area is 116 Å². The van der Waals surface area contributed by atoms with E-state index in [1.807, 2.05) is 6.07 Å². The Morgan fingerprint density at radius 2 is 2.00 bits per heavy atom. The second kappa shape index (κ2) is 7.08. The Hall–Kier alpha value is -2.63. The third kappa shape index (κ3) is 3.94. The molecule has 6 heteroatoms. The van der Waals surface area contributed by atoms with Gasteiger partial charge >= 0.3 is 12.1 Å². The molecule has 106 valence electrons.